The molecule has 21 heavy (non-hydrogen) atoms. The molecule has 1 aromatic rings. The van der Waals surface area contributed by atoms with E-state index < -0.39 is 17.7 Å². The average molecular weight is 296 g/mol. The van der Waals surface area contributed by atoms with Gasteiger partial charge in [-0.25, -0.2) is 0 Å². The Kier molecular flexibility index (Phi) is 4.39. The first-order valence-electron chi connectivity index (χ1n) is 6.68. The molecule has 0 spiro atoms. The number of rotatable bonds is 4. The molecule has 2 rings (SSSR count). The summed E-state index contributed by atoms with van der Waals surface area (Å²) in [6.07, 6.45) is -0.636. The molecule has 0 saturated heterocycles. The van der Waals surface area contributed by atoms with Crippen LogP contribution in [0.1, 0.15) is 30.6 Å². The van der Waals surface area contributed by atoms with E-state index in [1.165, 1.54) is 21.1 Å². The summed E-state index contributed by atoms with van der Waals surface area (Å²) >= 11 is 0. The molecule has 1 aromatic carbocycles. The van der Waals surface area contributed by atoms with Gasteiger partial charge < -0.3 is 24.4 Å². The number of methoxy groups -OCH3 is 2. The predicted molar refractivity (Wildman–Crippen MR) is 74.4 cm³/mol. The van der Waals surface area contributed by atoms with Gasteiger partial charge in [-0.15, -0.1) is 0 Å². The summed E-state index contributed by atoms with van der Waals surface area (Å²) < 4.78 is 15.5. The number of aliphatic hydroxyl groups is 2. The summed E-state index contributed by atoms with van der Waals surface area (Å²) in [7, 11) is 3.04. The largest absolute Gasteiger partial charge is 0.496 e. The molecule has 6 heteroatoms. The minimum Gasteiger partial charge on any atom is -0.496 e. The van der Waals surface area contributed by atoms with Crippen molar-refractivity contribution < 1.29 is 29.2 Å². The van der Waals surface area contributed by atoms with E-state index in [2.05, 4.69) is 0 Å². The molecule has 116 valence electrons. The first-order valence-corrected chi connectivity index (χ1v) is 6.68. The fraction of sp³-hybridized carbons (Fsp3) is 0.533. The van der Waals surface area contributed by atoms with E-state index in [1.54, 1.807) is 12.1 Å². The van der Waals surface area contributed by atoms with Gasteiger partial charge in [0.2, 0.25) is 0 Å². The van der Waals surface area contributed by atoms with E-state index in [-0.39, 0.29) is 19.4 Å². The molecular formula is C15H20O6. The quantitative estimate of drug-likeness (QED) is 0.806. The number of carbonyl (C=O) groups excluding carboxylic acids is 1. The number of benzene rings is 1. The number of aliphatic hydroxyl groups excluding tert-OH is 1. The normalized spacial score (nSPS) is 24.1. The summed E-state index contributed by atoms with van der Waals surface area (Å²) in [4.78, 5) is 10.9. The summed E-state index contributed by atoms with van der Waals surface area (Å²) in [5.74, 6) is 0.639. The average Bonchev–Trinajstić information content (AvgIpc) is 2.44. The summed E-state index contributed by atoms with van der Waals surface area (Å²) in [6.45, 7) is 1.11. The van der Waals surface area contributed by atoms with Gasteiger partial charge in [0.15, 0.2) is 0 Å². The van der Waals surface area contributed by atoms with E-state index in [0.717, 1.165) is 0 Å². The van der Waals surface area contributed by atoms with Gasteiger partial charge >= 0.3 is 5.97 Å². The van der Waals surface area contributed by atoms with Gasteiger partial charge in [0.25, 0.3) is 0 Å². The van der Waals surface area contributed by atoms with Crippen molar-refractivity contribution in [3.63, 3.8) is 0 Å². The zero-order chi connectivity index (χ0) is 15.6. The summed E-state index contributed by atoms with van der Waals surface area (Å²) in [6, 6.07) is 3.44. The Morgan fingerprint density at radius 3 is 2.52 bits per heavy atom. The first-order chi connectivity index (χ1) is 9.90. The fourth-order valence-corrected chi connectivity index (χ4v) is 2.75. The lowest BCUT2D eigenvalue weighted by Crippen LogP contribution is -2.42. The number of hydrogen-bond acceptors (Lipinski definition) is 6. The first kappa shape index (κ1) is 15.6. The van der Waals surface area contributed by atoms with Crippen molar-refractivity contribution in [1.29, 1.82) is 0 Å². The van der Waals surface area contributed by atoms with Crippen LogP contribution in [0.2, 0.25) is 0 Å². The van der Waals surface area contributed by atoms with Gasteiger partial charge in [-0.2, -0.15) is 0 Å². The Morgan fingerprint density at radius 1 is 1.33 bits per heavy atom. The number of carbonyl (C=O) groups is 1. The van der Waals surface area contributed by atoms with Crippen LogP contribution in [0.25, 0.3) is 0 Å². The molecule has 1 aliphatic carbocycles. The molecule has 0 aliphatic heterocycles. The Balaban J connectivity index is 2.39. The lowest BCUT2D eigenvalue weighted by atomic mass is 9.78. The lowest BCUT2D eigenvalue weighted by molar-refractivity contribution is -0.151. The number of fused-ring (bicyclic) bond motifs is 1. The van der Waals surface area contributed by atoms with Crippen LogP contribution in [0.5, 0.6) is 11.5 Å². The van der Waals surface area contributed by atoms with Crippen LogP contribution in [-0.4, -0.2) is 42.6 Å². The van der Waals surface area contributed by atoms with E-state index in [9.17, 15) is 15.0 Å². The highest BCUT2D eigenvalue weighted by Crippen LogP contribution is 2.44. The predicted octanol–water partition coefficient (Wildman–Crippen LogP) is 0.978. The minimum absolute atomic E-state index is 0.0663. The van der Waals surface area contributed by atoms with Crippen LogP contribution in [0.4, 0.5) is 0 Å². The minimum atomic E-state index is -1.32. The zero-order valence-electron chi connectivity index (χ0n) is 12.4. The lowest BCUT2D eigenvalue weighted by Gasteiger charge is -2.36. The van der Waals surface area contributed by atoms with Crippen molar-refractivity contribution in [2.75, 3.05) is 20.8 Å². The third-order valence-corrected chi connectivity index (χ3v) is 3.67. The van der Waals surface area contributed by atoms with Gasteiger partial charge in [0.1, 0.15) is 23.7 Å². The maximum atomic E-state index is 10.9. The Morgan fingerprint density at radius 2 is 1.95 bits per heavy atom. The molecule has 0 fully saturated rings. The molecule has 0 aromatic heterocycles. The van der Waals surface area contributed by atoms with Gasteiger partial charge in [-0.1, -0.05) is 0 Å². The van der Waals surface area contributed by atoms with Crippen LogP contribution in [0, 0.1) is 0 Å². The number of hydrogen-bond donors (Lipinski definition) is 2. The third kappa shape index (κ3) is 3.11. The van der Waals surface area contributed by atoms with Gasteiger partial charge in [-0.05, 0) is 12.1 Å². The zero-order valence-corrected chi connectivity index (χ0v) is 12.4. The van der Waals surface area contributed by atoms with Crippen LogP contribution >= 0.6 is 0 Å². The van der Waals surface area contributed by atoms with Gasteiger partial charge in [0.05, 0.1) is 20.3 Å². The third-order valence-electron chi connectivity index (χ3n) is 3.67. The van der Waals surface area contributed by atoms with E-state index in [4.69, 9.17) is 14.2 Å². The van der Waals surface area contributed by atoms with Crippen molar-refractivity contribution in [3.05, 3.63) is 23.3 Å². The second kappa shape index (κ2) is 5.91. The highest BCUT2D eigenvalue weighted by Gasteiger charge is 2.41. The molecule has 0 amide bonds. The molecule has 0 bridgehead atoms. The molecule has 0 unspecified atom stereocenters. The van der Waals surface area contributed by atoms with Crippen LogP contribution in [0.15, 0.2) is 12.1 Å². The van der Waals surface area contributed by atoms with E-state index in [1.807, 2.05) is 0 Å². The molecule has 6 nitrogen and oxygen atoms in total. The molecule has 0 radical (unpaired) electrons. The highest BCUT2D eigenvalue weighted by atomic mass is 16.5. The molecule has 2 N–H and O–H groups in total. The van der Waals surface area contributed by atoms with Crippen molar-refractivity contribution in [2.45, 2.75) is 31.5 Å². The van der Waals surface area contributed by atoms with E-state index in [0.29, 0.717) is 22.6 Å². The van der Waals surface area contributed by atoms with Crippen LogP contribution < -0.4 is 9.47 Å². The summed E-state index contributed by atoms with van der Waals surface area (Å²) in [5.41, 5.74) is -0.0350. The monoisotopic (exact) mass is 296 g/mol. The summed E-state index contributed by atoms with van der Waals surface area (Å²) in [5, 5.41) is 20.9. The highest BCUT2D eigenvalue weighted by molar-refractivity contribution is 5.66. The van der Waals surface area contributed by atoms with Crippen molar-refractivity contribution in [3.8, 4) is 11.5 Å². The van der Waals surface area contributed by atoms with E-state index >= 15 is 0 Å². The topological polar surface area (TPSA) is 85.2 Å². The Hall–Kier alpha value is -1.79. The molecular weight excluding hydrogens is 276 g/mol. The smallest absolute Gasteiger partial charge is 0.302 e. The maximum Gasteiger partial charge on any atom is 0.302 e. The number of ether oxygens (including phenoxy) is 3. The molecule has 0 saturated carbocycles. The van der Waals surface area contributed by atoms with Crippen LogP contribution in [-0.2, 0) is 16.0 Å². The Labute approximate surface area is 123 Å². The second-order valence-electron chi connectivity index (χ2n) is 5.26. The number of esters is 1. The van der Waals surface area contributed by atoms with Crippen molar-refractivity contribution in [2.24, 2.45) is 0 Å². The standard InChI is InChI=1S/C15H20O6/c1-9(16)21-8-15(18)6-10-12(19-2)4-5-13(20-3)14(10)11(17)7-15/h4-5,11,17-18H,6-8H2,1-3H3/t11-,15+/m0/s1. The maximum absolute atomic E-state index is 10.9. The van der Waals surface area contributed by atoms with Gasteiger partial charge in [0, 0.05) is 30.9 Å². The Bertz CT molecular complexity index is 541. The fourth-order valence-electron chi connectivity index (χ4n) is 2.75. The SMILES string of the molecule is COc1ccc(OC)c2c1C[C@](O)(COC(C)=O)C[C@@H]2O. The molecule has 0 heterocycles. The molecule has 2 atom stereocenters. The molecule has 1 aliphatic rings. The van der Waals surface area contributed by atoms with Crippen LogP contribution in [0.3, 0.4) is 0 Å². The second-order valence-corrected chi connectivity index (χ2v) is 5.26. The van der Waals surface area contributed by atoms with Crippen molar-refractivity contribution in [1.82, 2.24) is 0 Å². The van der Waals surface area contributed by atoms with Crippen molar-refractivity contribution >= 4 is 5.97 Å². The van der Waals surface area contributed by atoms with Gasteiger partial charge in [-0.3, -0.25) is 4.79 Å².